The smallest absolute Gasteiger partial charge is 0.160 e. The van der Waals surface area contributed by atoms with Gasteiger partial charge in [0.1, 0.15) is 0 Å². The highest BCUT2D eigenvalue weighted by Crippen LogP contribution is 1.90. The monoisotopic (exact) mass is 186 g/mol. The molecule has 0 amide bonds. The molecule has 0 aromatic rings. The molecular formula is C4H8Cl2N2O2. The molecule has 0 bridgehead atoms. The van der Waals surface area contributed by atoms with E-state index >= 15 is 0 Å². The van der Waals surface area contributed by atoms with E-state index in [1.54, 1.807) is 0 Å². The van der Waals surface area contributed by atoms with Crippen LogP contribution in [-0.2, 0) is 0 Å². The van der Waals surface area contributed by atoms with Gasteiger partial charge in [0.05, 0.1) is 13.1 Å². The average molecular weight is 187 g/mol. The van der Waals surface area contributed by atoms with Gasteiger partial charge in [-0.1, -0.05) is 0 Å². The Morgan fingerprint density at radius 3 is 1.90 bits per heavy atom. The molecule has 0 saturated heterocycles. The van der Waals surface area contributed by atoms with Gasteiger partial charge < -0.3 is 0 Å². The van der Waals surface area contributed by atoms with Gasteiger partial charge in [0.15, 0.2) is 5.03 Å². The van der Waals surface area contributed by atoms with Crippen LogP contribution in [0, 0.1) is 10.1 Å². The molecule has 0 N–H and O–H groups in total. The highest BCUT2D eigenvalue weighted by molar-refractivity contribution is 6.18. The van der Waals surface area contributed by atoms with Gasteiger partial charge in [0.2, 0.25) is 0 Å². The fraction of sp³-hybridized carbons (Fsp3) is 1.00. The van der Waals surface area contributed by atoms with E-state index in [-0.39, 0.29) is 24.8 Å². The van der Waals surface area contributed by atoms with Crippen LogP contribution in [0.15, 0.2) is 0 Å². The summed E-state index contributed by atoms with van der Waals surface area (Å²) in [6.07, 6.45) is 0. The van der Waals surface area contributed by atoms with Crippen LogP contribution < -0.4 is 0 Å². The van der Waals surface area contributed by atoms with E-state index in [4.69, 9.17) is 23.2 Å². The largest absolute Gasteiger partial charge is 0.235 e. The lowest BCUT2D eigenvalue weighted by Crippen LogP contribution is -2.33. The Morgan fingerprint density at radius 1 is 1.30 bits per heavy atom. The summed E-state index contributed by atoms with van der Waals surface area (Å²) in [7, 11) is 0. The van der Waals surface area contributed by atoms with Crippen molar-refractivity contribution in [1.29, 1.82) is 0 Å². The third-order valence-corrected chi connectivity index (χ3v) is 1.25. The van der Waals surface area contributed by atoms with Gasteiger partial charge >= 0.3 is 0 Å². The standard InChI is InChI=1S/C4H8Cl2N2O2/c5-1-3-7(4-2-6)8(9)10/h1-4H2. The second kappa shape index (κ2) is 5.56. The molecule has 0 aromatic carbocycles. The van der Waals surface area contributed by atoms with Gasteiger partial charge in [-0.15, -0.1) is 28.2 Å². The molecule has 0 unspecified atom stereocenters. The zero-order chi connectivity index (χ0) is 7.98. The topological polar surface area (TPSA) is 46.4 Å². The molecule has 6 heteroatoms. The summed E-state index contributed by atoms with van der Waals surface area (Å²) in [5.41, 5.74) is 0. The first-order valence-corrected chi connectivity index (χ1v) is 3.80. The van der Waals surface area contributed by atoms with Crippen LogP contribution in [0.3, 0.4) is 0 Å². The molecule has 0 spiro atoms. The molecule has 0 aliphatic carbocycles. The normalized spacial score (nSPS) is 9.40. The Hall–Kier alpha value is -0.220. The molecule has 0 aromatic heterocycles. The molecule has 0 heterocycles. The molecule has 4 nitrogen and oxygen atoms in total. The van der Waals surface area contributed by atoms with E-state index in [1.807, 2.05) is 0 Å². The Labute approximate surface area is 68.8 Å². The minimum atomic E-state index is -0.495. The highest BCUT2D eigenvalue weighted by Gasteiger charge is 2.10. The third kappa shape index (κ3) is 3.74. The van der Waals surface area contributed by atoms with Crippen LogP contribution in [0.5, 0.6) is 0 Å². The van der Waals surface area contributed by atoms with E-state index in [1.165, 1.54) is 0 Å². The minimum absolute atomic E-state index is 0.237. The van der Waals surface area contributed by atoms with Crippen molar-refractivity contribution in [2.75, 3.05) is 24.8 Å². The van der Waals surface area contributed by atoms with E-state index in [9.17, 15) is 10.1 Å². The second-order valence-electron chi connectivity index (χ2n) is 1.57. The van der Waals surface area contributed by atoms with Gasteiger partial charge in [-0.3, -0.25) is 0 Å². The van der Waals surface area contributed by atoms with Crippen LogP contribution in [-0.4, -0.2) is 34.9 Å². The van der Waals surface area contributed by atoms with Crippen molar-refractivity contribution in [3.8, 4) is 0 Å². The van der Waals surface area contributed by atoms with Crippen molar-refractivity contribution < 1.29 is 5.03 Å². The van der Waals surface area contributed by atoms with E-state index < -0.39 is 5.03 Å². The van der Waals surface area contributed by atoms with Gasteiger partial charge in [0.25, 0.3) is 0 Å². The fourth-order valence-electron chi connectivity index (χ4n) is 0.470. The van der Waals surface area contributed by atoms with E-state index in [0.29, 0.717) is 0 Å². The van der Waals surface area contributed by atoms with Crippen LogP contribution in [0.1, 0.15) is 0 Å². The summed E-state index contributed by atoms with van der Waals surface area (Å²) < 4.78 is 0. The molecule has 0 rings (SSSR count). The number of hydrazine groups is 1. The summed E-state index contributed by atoms with van der Waals surface area (Å²) in [4.78, 5) is 10.1. The van der Waals surface area contributed by atoms with Crippen LogP contribution in [0.4, 0.5) is 0 Å². The van der Waals surface area contributed by atoms with Gasteiger partial charge in [-0.05, 0) is 0 Å². The predicted molar refractivity (Wildman–Crippen MR) is 40.0 cm³/mol. The number of halogens is 2. The molecule has 0 aliphatic rings. The molecule has 0 fully saturated rings. The average Bonchev–Trinajstić information content (AvgIpc) is 1.87. The molecule has 0 radical (unpaired) electrons. The summed E-state index contributed by atoms with van der Waals surface area (Å²) in [6, 6.07) is 0. The number of nitro groups is 1. The third-order valence-electron chi connectivity index (χ3n) is 0.916. The van der Waals surface area contributed by atoms with Crippen molar-refractivity contribution in [2.45, 2.75) is 0 Å². The fourth-order valence-corrected chi connectivity index (χ4v) is 0.860. The van der Waals surface area contributed by atoms with Crippen molar-refractivity contribution in [3.05, 3.63) is 10.1 Å². The number of alkyl halides is 2. The minimum Gasteiger partial charge on any atom is -0.235 e. The number of hydrogen-bond acceptors (Lipinski definition) is 2. The lowest BCUT2D eigenvalue weighted by Gasteiger charge is -2.09. The Bertz CT molecular complexity index is 105. The van der Waals surface area contributed by atoms with Crippen molar-refractivity contribution >= 4 is 23.2 Å². The summed E-state index contributed by atoms with van der Waals surface area (Å²) in [6.45, 7) is 0.475. The maximum atomic E-state index is 10.1. The van der Waals surface area contributed by atoms with Gasteiger partial charge in [-0.25, -0.2) is 10.1 Å². The van der Waals surface area contributed by atoms with Gasteiger partial charge in [0, 0.05) is 11.8 Å². The van der Waals surface area contributed by atoms with Crippen LogP contribution >= 0.6 is 23.2 Å². The first-order valence-electron chi connectivity index (χ1n) is 2.73. The quantitative estimate of drug-likeness (QED) is 0.365. The molecule has 60 valence electrons. The molecule has 0 aliphatic heterocycles. The maximum Gasteiger partial charge on any atom is 0.160 e. The van der Waals surface area contributed by atoms with Crippen LogP contribution in [0.2, 0.25) is 0 Å². The zero-order valence-corrected chi connectivity index (χ0v) is 6.81. The zero-order valence-electron chi connectivity index (χ0n) is 5.30. The summed E-state index contributed by atoms with van der Waals surface area (Å²) in [5.74, 6) is 0.496. The lowest BCUT2D eigenvalue weighted by atomic mass is 10.6. The Balaban J connectivity index is 3.61. The van der Waals surface area contributed by atoms with E-state index in [2.05, 4.69) is 0 Å². The van der Waals surface area contributed by atoms with Crippen molar-refractivity contribution in [1.82, 2.24) is 5.01 Å². The molecule has 10 heavy (non-hydrogen) atoms. The number of rotatable bonds is 5. The number of hydrogen-bond donors (Lipinski definition) is 0. The number of nitrogens with zero attached hydrogens (tertiary/aromatic N) is 2. The van der Waals surface area contributed by atoms with Gasteiger partial charge in [-0.2, -0.15) is 0 Å². The molecule has 0 atom stereocenters. The molecule has 0 saturated carbocycles. The second-order valence-corrected chi connectivity index (χ2v) is 2.33. The first-order chi connectivity index (χ1) is 4.72. The van der Waals surface area contributed by atoms with Crippen molar-refractivity contribution in [2.24, 2.45) is 0 Å². The SMILES string of the molecule is O=[N+]([O-])N(CCCl)CCCl. The first kappa shape index (κ1) is 9.78. The van der Waals surface area contributed by atoms with Crippen molar-refractivity contribution in [3.63, 3.8) is 0 Å². The summed E-state index contributed by atoms with van der Waals surface area (Å²) >= 11 is 10.6. The highest BCUT2D eigenvalue weighted by atomic mass is 35.5. The lowest BCUT2D eigenvalue weighted by molar-refractivity contribution is -0.653. The van der Waals surface area contributed by atoms with E-state index in [0.717, 1.165) is 5.01 Å². The maximum absolute atomic E-state index is 10.1. The predicted octanol–water partition coefficient (Wildman–Crippen LogP) is 0.958. The summed E-state index contributed by atoms with van der Waals surface area (Å²) in [5, 5.41) is 10.6. The Morgan fingerprint density at radius 2 is 1.70 bits per heavy atom. The Kier molecular flexibility index (Phi) is 5.43. The van der Waals surface area contributed by atoms with Crippen LogP contribution in [0.25, 0.3) is 0 Å². The molecular weight excluding hydrogens is 179 g/mol.